The van der Waals surface area contributed by atoms with Gasteiger partial charge in [-0.2, -0.15) is 11.8 Å². The van der Waals surface area contributed by atoms with Gasteiger partial charge in [0, 0.05) is 21.5 Å². The molecule has 24 heavy (non-hydrogen) atoms. The van der Waals surface area contributed by atoms with E-state index in [0.29, 0.717) is 17.3 Å². The van der Waals surface area contributed by atoms with E-state index in [9.17, 15) is 4.79 Å². The Balaban J connectivity index is 2.24. The number of thioether (sulfide) groups is 1. The smallest absolute Gasteiger partial charge is 0.355 e. The number of carbonyl (C=O) groups excluding carboxylic acids is 1. The van der Waals surface area contributed by atoms with E-state index < -0.39 is 0 Å². The van der Waals surface area contributed by atoms with Gasteiger partial charge in [-0.15, -0.1) is 0 Å². The first-order valence-electron chi connectivity index (χ1n) is 7.71. The number of ether oxygens (including phenoxy) is 1. The Kier molecular flexibility index (Phi) is 5.17. The van der Waals surface area contributed by atoms with Crippen LogP contribution in [0.2, 0.25) is 5.02 Å². The molecule has 3 aromatic rings. The summed E-state index contributed by atoms with van der Waals surface area (Å²) >= 11 is 7.88. The molecule has 0 aliphatic carbocycles. The molecule has 0 saturated carbocycles. The first-order chi connectivity index (χ1) is 11.7. The van der Waals surface area contributed by atoms with Crippen LogP contribution in [0.15, 0.2) is 48.5 Å². The van der Waals surface area contributed by atoms with E-state index in [2.05, 4.69) is 17.1 Å². The molecule has 0 radical (unpaired) electrons. The number of fused-ring (bicyclic) bond motifs is 1. The highest BCUT2D eigenvalue weighted by atomic mass is 35.5. The molecule has 0 bridgehead atoms. The van der Waals surface area contributed by atoms with E-state index in [1.165, 1.54) is 0 Å². The summed E-state index contributed by atoms with van der Waals surface area (Å²) in [5.74, 6) is -0.338. The second kappa shape index (κ2) is 7.32. The average Bonchev–Trinajstić information content (AvgIpc) is 2.96. The lowest BCUT2D eigenvalue weighted by molar-refractivity contribution is 0.0519. The van der Waals surface area contributed by atoms with Gasteiger partial charge in [-0.25, -0.2) is 4.79 Å². The summed E-state index contributed by atoms with van der Waals surface area (Å²) in [5.41, 5.74) is 3.44. The number of halogens is 1. The van der Waals surface area contributed by atoms with Crippen molar-refractivity contribution in [1.82, 2.24) is 4.98 Å². The minimum Gasteiger partial charge on any atom is -0.461 e. The van der Waals surface area contributed by atoms with Gasteiger partial charge in [-0.1, -0.05) is 41.9 Å². The molecule has 3 rings (SSSR count). The fourth-order valence-corrected chi connectivity index (χ4v) is 3.95. The van der Waals surface area contributed by atoms with Crippen LogP contribution in [0.5, 0.6) is 0 Å². The van der Waals surface area contributed by atoms with Crippen molar-refractivity contribution in [1.29, 1.82) is 0 Å². The standard InChI is InChI=1S/C19H18ClNO2S/c1-3-23-19(22)17-16(14-11-13(20)9-10-15(14)21-17)18(24-2)12-7-5-4-6-8-12/h4-11,18,21H,3H2,1-2H3. The Labute approximate surface area is 150 Å². The third-order valence-corrected chi connectivity index (χ3v) is 5.09. The molecule has 1 heterocycles. The number of H-pyrrole nitrogens is 1. The highest BCUT2D eigenvalue weighted by molar-refractivity contribution is 7.99. The molecule has 0 aliphatic rings. The van der Waals surface area contributed by atoms with Gasteiger partial charge in [0.2, 0.25) is 0 Å². The van der Waals surface area contributed by atoms with Gasteiger partial charge in [0.1, 0.15) is 5.69 Å². The van der Waals surface area contributed by atoms with E-state index in [0.717, 1.165) is 22.0 Å². The summed E-state index contributed by atoms with van der Waals surface area (Å²) in [6.07, 6.45) is 2.04. The Morgan fingerprint density at radius 3 is 2.67 bits per heavy atom. The number of hydrogen-bond acceptors (Lipinski definition) is 3. The zero-order chi connectivity index (χ0) is 17.1. The minimum atomic E-state index is -0.338. The van der Waals surface area contributed by atoms with Gasteiger partial charge < -0.3 is 9.72 Å². The first-order valence-corrected chi connectivity index (χ1v) is 9.38. The van der Waals surface area contributed by atoms with Crippen LogP contribution in [0.3, 0.4) is 0 Å². The summed E-state index contributed by atoms with van der Waals surface area (Å²) in [5, 5.41) is 1.61. The van der Waals surface area contributed by atoms with Gasteiger partial charge >= 0.3 is 5.97 Å². The quantitative estimate of drug-likeness (QED) is 0.616. The van der Waals surface area contributed by atoms with Gasteiger partial charge in [0.15, 0.2) is 0 Å². The fourth-order valence-electron chi connectivity index (χ4n) is 2.87. The number of hydrogen-bond donors (Lipinski definition) is 1. The van der Waals surface area contributed by atoms with Crippen LogP contribution in [-0.2, 0) is 4.74 Å². The summed E-state index contributed by atoms with van der Waals surface area (Å²) in [4.78, 5) is 15.7. The molecule has 2 aromatic carbocycles. The van der Waals surface area contributed by atoms with E-state index in [1.807, 2.05) is 42.7 Å². The van der Waals surface area contributed by atoms with Gasteiger partial charge in [-0.05, 0) is 36.9 Å². The van der Waals surface area contributed by atoms with Crippen molar-refractivity contribution in [2.45, 2.75) is 12.2 Å². The minimum absolute atomic E-state index is 0.0119. The maximum absolute atomic E-state index is 12.5. The molecule has 0 saturated heterocycles. The van der Waals surface area contributed by atoms with Gasteiger partial charge in [0.25, 0.3) is 0 Å². The Morgan fingerprint density at radius 1 is 1.25 bits per heavy atom. The lowest BCUT2D eigenvalue weighted by Crippen LogP contribution is -2.10. The molecule has 0 spiro atoms. The van der Waals surface area contributed by atoms with Crippen molar-refractivity contribution in [2.24, 2.45) is 0 Å². The topological polar surface area (TPSA) is 42.1 Å². The predicted octanol–water partition coefficient (Wildman–Crippen LogP) is 5.45. The largest absolute Gasteiger partial charge is 0.461 e. The normalized spacial score (nSPS) is 12.3. The van der Waals surface area contributed by atoms with Crippen LogP contribution in [0.1, 0.15) is 33.8 Å². The number of carbonyl (C=O) groups is 1. The van der Waals surface area contributed by atoms with Crippen LogP contribution >= 0.6 is 23.4 Å². The Bertz CT molecular complexity index is 860. The Morgan fingerprint density at radius 2 is 2.00 bits per heavy atom. The zero-order valence-corrected chi connectivity index (χ0v) is 15.1. The molecule has 124 valence electrons. The highest BCUT2D eigenvalue weighted by Gasteiger charge is 2.26. The lowest BCUT2D eigenvalue weighted by atomic mass is 10.0. The number of benzene rings is 2. The summed E-state index contributed by atoms with van der Waals surface area (Å²) in [7, 11) is 0. The van der Waals surface area contributed by atoms with E-state index in [-0.39, 0.29) is 11.2 Å². The third-order valence-electron chi connectivity index (χ3n) is 3.88. The molecule has 0 amide bonds. The van der Waals surface area contributed by atoms with Gasteiger partial charge in [0.05, 0.1) is 11.9 Å². The van der Waals surface area contributed by atoms with Crippen molar-refractivity contribution in [3.05, 3.63) is 70.4 Å². The molecule has 1 unspecified atom stereocenters. The van der Waals surface area contributed by atoms with E-state index >= 15 is 0 Å². The molecular formula is C19H18ClNO2S. The highest BCUT2D eigenvalue weighted by Crippen LogP contribution is 2.41. The first kappa shape index (κ1) is 16.9. The third kappa shape index (κ3) is 3.17. The molecule has 0 aliphatic heterocycles. The number of rotatable bonds is 5. The fraction of sp³-hybridized carbons (Fsp3) is 0.211. The lowest BCUT2D eigenvalue weighted by Gasteiger charge is -2.16. The second-order valence-corrected chi connectivity index (χ2v) is 6.73. The van der Waals surface area contributed by atoms with Gasteiger partial charge in [-0.3, -0.25) is 0 Å². The monoisotopic (exact) mass is 359 g/mol. The molecule has 1 N–H and O–H groups in total. The van der Waals surface area contributed by atoms with Crippen molar-refractivity contribution in [2.75, 3.05) is 12.9 Å². The summed E-state index contributed by atoms with van der Waals surface area (Å²) < 4.78 is 5.25. The van der Waals surface area contributed by atoms with Crippen molar-refractivity contribution in [3.63, 3.8) is 0 Å². The Hall–Kier alpha value is -1.91. The second-order valence-electron chi connectivity index (χ2n) is 5.35. The van der Waals surface area contributed by atoms with Crippen LogP contribution < -0.4 is 0 Å². The molecular weight excluding hydrogens is 342 g/mol. The van der Waals surface area contributed by atoms with Crippen molar-refractivity contribution < 1.29 is 9.53 Å². The molecule has 5 heteroatoms. The molecule has 1 atom stereocenters. The van der Waals surface area contributed by atoms with Crippen LogP contribution in [0, 0.1) is 0 Å². The summed E-state index contributed by atoms with van der Waals surface area (Å²) in [6, 6.07) is 15.7. The average molecular weight is 360 g/mol. The van der Waals surface area contributed by atoms with Crippen molar-refractivity contribution >= 4 is 40.2 Å². The van der Waals surface area contributed by atoms with Crippen LogP contribution in [-0.4, -0.2) is 23.8 Å². The maximum atomic E-state index is 12.5. The maximum Gasteiger partial charge on any atom is 0.355 e. The number of aromatic amines is 1. The molecule has 3 nitrogen and oxygen atoms in total. The number of aromatic nitrogens is 1. The van der Waals surface area contributed by atoms with Crippen molar-refractivity contribution in [3.8, 4) is 0 Å². The van der Waals surface area contributed by atoms with Crippen LogP contribution in [0.25, 0.3) is 10.9 Å². The van der Waals surface area contributed by atoms with E-state index in [4.69, 9.17) is 16.3 Å². The number of nitrogens with one attached hydrogen (secondary N) is 1. The SMILES string of the molecule is CCOC(=O)c1[nH]c2ccc(Cl)cc2c1C(SC)c1ccccc1. The van der Waals surface area contributed by atoms with Crippen LogP contribution in [0.4, 0.5) is 0 Å². The molecule has 0 fully saturated rings. The molecule has 1 aromatic heterocycles. The van der Waals surface area contributed by atoms with E-state index in [1.54, 1.807) is 18.7 Å². The summed E-state index contributed by atoms with van der Waals surface area (Å²) in [6.45, 7) is 2.14. The predicted molar refractivity (Wildman–Crippen MR) is 101 cm³/mol. The zero-order valence-electron chi connectivity index (χ0n) is 13.5. The number of esters is 1.